The molecule has 4 rings (SSSR count). The number of nitriles is 1. The molecule has 0 bridgehead atoms. The lowest BCUT2D eigenvalue weighted by atomic mass is 10.0. The standard InChI is InChI=1S/C26H17F3N4O2/c1-17-24(32-33(31-17)22-5-3-2-4-6-22)25(34)35-23-13-9-19(10-14-23)20(16-30)15-18-7-11-21(12-8-18)26(27,28)29/h2-15H,1H3/b20-15+. The van der Waals surface area contributed by atoms with E-state index in [1.165, 1.54) is 35.1 Å². The van der Waals surface area contributed by atoms with Crippen LogP contribution in [0.2, 0.25) is 0 Å². The highest BCUT2D eigenvalue weighted by atomic mass is 19.4. The number of carbonyl (C=O) groups excluding carboxylic acids is 1. The van der Waals surface area contributed by atoms with Crippen LogP contribution in [0, 0.1) is 18.3 Å². The molecule has 0 aliphatic heterocycles. The fraction of sp³-hybridized carbons (Fsp3) is 0.0769. The first kappa shape index (κ1) is 23.4. The zero-order chi connectivity index (χ0) is 25.0. The number of aryl methyl sites for hydroxylation is 1. The van der Waals surface area contributed by atoms with Gasteiger partial charge in [0.1, 0.15) is 5.75 Å². The van der Waals surface area contributed by atoms with Crippen molar-refractivity contribution in [3.8, 4) is 17.5 Å². The Labute approximate surface area is 198 Å². The van der Waals surface area contributed by atoms with Gasteiger partial charge in [-0.15, -0.1) is 5.10 Å². The molecule has 0 aliphatic rings. The van der Waals surface area contributed by atoms with Crippen LogP contribution in [0.3, 0.4) is 0 Å². The highest BCUT2D eigenvalue weighted by Gasteiger charge is 2.29. The van der Waals surface area contributed by atoms with E-state index in [0.717, 1.165) is 12.1 Å². The Bertz CT molecular complexity index is 1420. The number of para-hydroxylation sites is 1. The van der Waals surface area contributed by atoms with Gasteiger partial charge in [-0.3, -0.25) is 0 Å². The van der Waals surface area contributed by atoms with E-state index in [1.807, 2.05) is 24.3 Å². The molecule has 6 nitrogen and oxygen atoms in total. The van der Waals surface area contributed by atoms with Crippen LogP contribution >= 0.6 is 0 Å². The summed E-state index contributed by atoms with van der Waals surface area (Å²) >= 11 is 0. The third-order valence-electron chi connectivity index (χ3n) is 5.01. The number of esters is 1. The molecular weight excluding hydrogens is 457 g/mol. The van der Waals surface area contributed by atoms with Crippen LogP contribution < -0.4 is 4.74 Å². The second-order valence-corrected chi connectivity index (χ2v) is 7.46. The second-order valence-electron chi connectivity index (χ2n) is 7.46. The lowest BCUT2D eigenvalue weighted by molar-refractivity contribution is -0.137. The van der Waals surface area contributed by atoms with E-state index in [4.69, 9.17) is 4.74 Å². The summed E-state index contributed by atoms with van der Waals surface area (Å²) in [5.41, 5.74) is 1.60. The maximum atomic E-state index is 12.7. The van der Waals surface area contributed by atoms with Gasteiger partial charge >= 0.3 is 12.1 Å². The number of rotatable bonds is 5. The Kier molecular flexibility index (Phi) is 6.46. The van der Waals surface area contributed by atoms with Crippen LogP contribution in [-0.4, -0.2) is 21.0 Å². The minimum Gasteiger partial charge on any atom is -0.422 e. The summed E-state index contributed by atoms with van der Waals surface area (Å²) in [4.78, 5) is 14.0. The number of halogens is 3. The fourth-order valence-corrected chi connectivity index (χ4v) is 3.22. The highest BCUT2D eigenvalue weighted by molar-refractivity contribution is 5.91. The van der Waals surface area contributed by atoms with Crippen molar-refractivity contribution in [2.75, 3.05) is 0 Å². The molecule has 0 radical (unpaired) electrons. The Morgan fingerprint density at radius 1 is 0.971 bits per heavy atom. The average Bonchev–Trinajstić information content (AvgIpc) is 3.25. The molecule has 174 valence electrons. The molecule has 0 amide bonds. The average molecular weight is 474 g/mol. The number of aromatic nitrogens is 3. The van der Waals surface area contributed by atoms with E-state index in [-0.39, 0.29) is 17.0 Å². The topological polar surface area (TPSA) is 80.8 Å². The molecule has 3 aromatic carbocycles. The maximum Gasteiger partial charge on any atom is 0.416 e. The first-order valence-corrected chi connectivity index (χ1v) is 10.4. The van der Waals surface area contributed by atoms with E-state index in [0.29, 0.717) is 22.5 Å². The molecule has 0 spiro atoms. The fourth-order valence-electron chi connectivity index (χ4n) is 3.22. The van der Waals surface area contributed by atoms with Crippen molar-refractivity contribution in [1.29, 1.82) is 5.26 Å². The summed E-state index contributed by atoms with van der Waals surface area (Å²) < 4.78 is 43.6. The van der Waals surface area contributed by atoms with Crippen molar-refractivity contribution in [3.63, 3.8) is 0 Å². The van der Waals surface area contributed by atoms with Crippen molar-refractivity contribution in [2.24, 2.45) is 0 Å². The largest absolute Gasteiger partial charge is 0.422 e. The Morgan fingerprint density at radius 3 is 2.23 bits per heavy atom. The van der Waals surface area contributed by atoms with Crippen LogP contribution in [0.5, 0.6) is 5.75 Å². The van der Waals surface area contributed by atoms with Gasteiger partial charge in [-0.25, -0.2) is 4.79 Å². The molecule has 1 aromatic heterocycles. The number of alkyl halides is 3. The molecule has 0 unspecified atom stereocenters. The molecule has 0 saturated heterocycles. The van der Waals surface area contributed by atoms with Gasteiger partial charge in [0.2, 0.25) is 0 Å². The monoisotopic (exact) mass is 474 g/mol. The van der Waals surface area contributed by atoms with E-state index in [2.05, 4.69) is 10.2 Å². The van der Waals surface area contributed by atoms with Crippen molar-refractivity contribution >= 4 is 17.6 Å². The Balaban J connectivity index is 1.49. The molecule has 9 heteroatoms. The molecule has 0 N–H and O–H groups in total. The predicted molar refractivity (Wildman–Crippen MR) is 122 cm³/mol. The van der Waals surface area contributed by atoms with Gasteiger partial charge in [0, 0.05) is 0 Å². The molecule has 0 atom stereocenters. The summed E-state index contributed by atoms with van der Waals surface area (Å²) in [5, 5.41) is 18.0. The van der Waals surface area contributed by atoms with Gasteiger partial charge in [0.05, 0.1) is 28.6 Å². The third-order valence-corrected chi connectivity index (χ3v) is 5.01. The van der Waals surface area contributed by atoms with Gasteiger partial charge in [-0.05, 0) is 72.7 Å². The molecule has 0 saturated carbocycles. The zero-order valence-electron chi connectivity index (χ0n) is 18.3. The van der Waals surface area contributed by atoms with Crippen molar-refractivity contribution in [2.45, 2.75) is 13.1 Å². The number of allylic oxidation sites excluding steroid dienone is 1. The molecule has 0 fully saturated rings. The summed E-state index contributed by atoms with van der Waals surface area (Å²) in [5.74, 6) is -0.447. The molecular formula is C26H17F3N4O2. The number of hydrogen-bond acceptors (Lipinski definition) is 5. The number of ether oxygens (including phenoxy) is 1. The molecule has 35 heavy (non-hydrogen) atoms. The second kappa shape index (κ2) is 9.65. The van der Waals surface area contributed by atoms with E-state index in [9.17, 15) is 23.2 Å². The third kappa shape index (κ3) is 5.45. The van der Waals surface area contributed by atoms with Crippen LogP contribution in [0.4, 0.5) is 13.2 Å². The predicted octanol–water partition coefficient (Wildman–Crippen LogP) is 5.88. The normalized spacial score (nSPS) is 11.7. The maximum absolute atomic E-state index is 12.7. The van der Waals surface area contributed by atoms with Gasteiger partial charge in [0.15, 0.2) is 5.69 Å². The quantitative estimate of drug-likeness (QED) is 0.156. The Morgan fingerprint density at radius 2 is 1.63 bits per heavy atom. The SMILES string of the molecule is Cc1nn(-c2ccccc2)nc1C(=O)Oc1ccc(/C(C#N)=C/c2ccc(C(F)(F)F)cc2)cc1. The smallest absolute Gasteiger partial charge is 0.416 e. The molecule has 0 aliphatic carbocycles. The van der Waals surface area contributed by atoms with Gasteiger partial charge < -0.3 is 4.74 Å². The van der Waals surface area contributed by atoms with E-state index in [1.54, 1.807) is 31.2 Å². The van der Waals surface area contributed by atoms with Crippen molar-refractivity contribution in [1.82, 2.24) is 15.0 Å². The minimum absolute atomic E-state index is 0.0674. The first-order valence-electron chi connectivity index (χ1n) is 10.4. The summed E-state index contributed by atoms with van der Waals surface area (Å²) in [6, 6.07) is 21.8. The van der Waals surface area contributed by atoms with Crippen LogP contribution in [0.25, 0.3) is 17.3 Å². The minimum atomic E-state index is -4.43. The number of carbonyl (C=O) groups is 1. The van der Waals surface area contributed by atoms with Crippen LogP contribution in [-0.2, 0) is 6.18 Å². The lowest BCUT2D eigenvalue weighted by Gasteiger charge is -2.07. The van der Waals surface area contributed by atoms with Crippen LogP contribution in [0.15, 0.2) is 78.9 Å². The lowest BCUT2D eigenvalue weighted by Crippen LogP contribution is -2.11. The highest BCUT2D eigenvalue weighted by Crippen LogP contribution is 2.30. The Hall–Kier alpha value is -4.71. The van der Waals surface area contributed by atoms with Gasteiger partial charge in [0.25, 0.3) is 0 Å². The van der Waals surface area contributed by atoms with Gasteiger partial charge in [-0.2, -0.15) is 28.3 Å². The molecule has 1 heterocycles. The summed E-state index contributed by atoms with van der Waals surface area (Å²) in [6.07, 6.45) is -2.95. The number of benzene rings is 3. The van der Waals surface area contributed by atoms with Crippen molar-refractivity contribution in [3.05, 3.63) is 107 Å². The zero-order valence-corrected chi connectivity index (χ0v) is 18.3. The number of hydrogen-bond donors (Lipinski definition) is 0. The van der Waals surface area contributed by atoms with Gasteiger partial charge in [-0.1, -0.05) is 30.3 Å². The van der Waals surface area contributed by atoms with E-state index < -0.39 is 17.7 Å². The van der Waals surface area contributed by atoms with Crippen molar-refractivity contribution < 1.29 is 22.7 Å². The number of nitrogens with zero attached hydrogens (tertiary/aromatic N) is 4. The summed E-state index contributed by atoms with van der Waals surface area (Å²) in [7, 11) is 0. The first-order chi connectivity index (χ1) is 16.7. The van der Waals surface area contributed by atoms with E-state index >= 15 is 0 Å². The summed E-state index contributed by atoms with van der Waals surface area (Å²) in [6.45, 7) is 1.65. The van der Waals surface area contributed by atoms with Crippen LogP contribution in [0.1, 0.15) is 32.9 Å². The molecule has 4 aromatic rings.